The largest absolute Gasteiger partial charge is 0.486 e. The van der Waals surface area contributed by atoms with Gasteiger partial charge in [-0.3, -0.25) is 14.4 Å². The highest BCUT2D eigenvalue weighted by Crippen LogP contribution is 2.13. The summed E-state index contributed by atoms with van der Waals surface area (Å²) in [5, 5.41) is 0. The van der Waals surface area contributed by atoms with Gasteiger partial charge in [-0.25, -0.2) is 0 Å². The Morgan fingerprint density at radius 3 is 2.29 bits per heavy atom. The first-order valence-electron chi connectivity index (χ1n) is 6.89. The van der Waals surface area contributed by atoms with Gasteiger partial charge in [-0.05, 0) is 31.5 Å². The molecule has 1 rings (SSSR count). The van der Waals surface area contributed by atoms with Gasteiger partial charge in [0.25, 0.3) is 0 Å². The predicted octanol–water partition coefficient (Wildman–Crippen LogP) is 2.11. The summed E-state index contributed by atoms with van der Waals surface area (Å²) >= 11 is 0. The highest BCUT2D eigenvalue weighted by molar-refractivity contribution is 5.84. The van der Waals surface area contributed by atoms with Crippen LogP contribution in [0.4, 0.5) is 0 Å². The van der Waals surface area contributed by atoms with Gasteiger partial charge in [0.2, 0.25) is 0 Å². The van der Waals surface area contributed by atoms with E-state index in [0.29, 0.717) is 18.8 Å². The van der Waals surface area contributed by atoms with E-state index < -0.39 is 0 Å². The standard InChI is InChI=1S/C16H20O5/c1-3-20-16(19)9-6-14(18)11-21-15-7-4-13(5-8-15)10-12(2)17/h4-5,7-8H,3,6,9-11H2,1-2H3. The predicted molar refractivity (Wildman–Crippen MR) is 77.2 cm³/mol. The van der Waals surface area contributed by atoms with Crippen LogP contribution in [0.15, 0.2) is 24.3 Å². The van der Waals surface area contributed by atoms with Crippen LogP contribution in [-0.4, -0.2) is 30.7 Å². The molecule has 0 saturated carbocycles. The summed E-state index contributed by atoms with van der Waals surface area (Å²) < 4.78 is 10.1. The molecule has 0 aliphatic heterocycles. The van der Waals surface area contributed by atoms with Crippen LogP contribution in [0, 0.1) is 0 Å². The lowest BCUT2D eigenvalue weighted by Gasteiger charge is -2.06. The Bertz CT molecular complexity index is 490. The molecule has 0 spiro atoms. The van der Waals surface area contributed by atoms with E-state index in [0.717, 1.165) is 5.56 Å². The van der Waals surface area contributed by atoms with Gasteiger partial charge in [-0.1, -0.05) is 12.1 Å². The minimum atomic E-state index is -0.376. The zero-order valence-electron chi connectivity index (χ0n) is 12.4. The number of hydrogen-bond donors (Lipinski definition) is 0. The van der Waals surface area contributed by atoms with E-state index >= 15 is 0 Å². The summed E-state index contributed by atoms with van der Waals surface area (Å²) in [5.41, 5.74) is 0.906. The molecule has 0 unspecified atom stereocenters. The van der Waals surface area contributed by atoms with Gasteiger partial charge >= 0.3 is 5.97 Å². The van der Waals surface area contributed by atoms with Gasteiger partial charge in [0.1, 0.15) is 18.1 Å². The van der Waals surface area contributed by atoms with Crippen molar-refractivity contribution in [1.29, 1.82) is 0 Å². The Hall–Kier alpha value is -2.17. The molecule has 0 aliphatic rings. The lowest BCUT2D eigenvalue weighted by molar-refractivity contribution is -0.144. The van der Waals surface area contributed by atoms with Crippen molar-refractivity contribution in [3.05, 3.63) is 29.8 Å². The fourth-order valence-corrected chi connectivity index (χ4v) is 1.70. The molecule has 0 fully saturated rings. The van der Waals surface area contributed by atoms with E-state index in [9.17, 15) is 14.4 Å². The van der Waals surface area contributed by atoms with Crippen molar-refractivity contribution in [3.8, 4) is 5.75 Å². The lowest BCUT2D eigenvalue weighted by atomic mass is 10.1. The minimum Gasteiger partial charge on any atom is -0.486 e. The van der Waals surface area contributed by atoms with Gasteiger partial charge < -0.3 is 9.47 Å². The summed E-state index contributed by atoms with van der Waals surface area (Å²) in [6.45, 7) is 3.49. The van der Waals surface area contributed by atoms with Gasteiger partial charge in [-0.15, -0.1) is 0 Å². The van der Waals surface area contributed by atoms with Crippen molar-refractivity contribution in [2.45, 2.75) is 33.1 Å². The maximum atomic E-state index is 11.6. The zero-order valence-corrected chi connectivity index (χ0v) is 12.4. The number of esters is 1. The van der Waals surface area contributed by atoms with Gasteiger partial charge in [-0.2, -0.15) is 0 Å². The molecule has 114 valence electrons. The fraction of sp³-hybridized carbons (Fsp3) is 0.438. The molecular weight excluding hydrogens is 272 g/mol. The van der Waals surface area contributed by atoms with Crippen molar-refractivity contribution in [3.63, 3.8) is 0 Å². The smallest absolute Gasteiger partial charge is 0.306 e. The quantitative estimate of drug-likeness (QED) is 0.652. The molecule has 1 aromatic carbocycles. The highest BCUT2D eigenvalue weighted by Gasteiger charge is 2.08. The van der Waals surface area contributed by atoms with Gasteiger partial charge in [0.15, 0.2) is 5.78 Å². The number of carbonyl (C=O) groups is 3. The van der Waals surface area contributed by atoms with Crippen LogP contribution in [0.3, 0.4) is 0 Å². The number of hydrogen-bond acceptors (Lipinski definition) is 5. The minimum absolute atomic E-state index is 0.0770. The van der Waals surface area contributed by atoms with Crippen molar-refractivity contribution >= 4 is 17.5 Å². The van der Waals surface area contributed by atoms with E-state index in [1.54, 1.807) is 31.2 Å². The molecule has 0 N–H and O–H groups in total. The molecule has 0 radical (unpaired) electrons. The van der Waals surface area contributed by atoms with Crippen LogP contribution in [0.25, 0.3) is 0 Å². The normalized spacial score (nSPS) is 10.0. The van der Waals surface area contributed by atoms with Crippen LogP contribution in [-0.2, 0) is 25.5 Å². The Kier molecular flexibility index (Phi) is 7.15. The average Bonchev–Trinajstić information content (AvgIpc) is 2.44. The average molecular weight is 292 g/mol. The number of rotatable bonds is 9. The Morgan fingerprint density at radius 2 is 1.71 bits per heavy atom. The summed E-state index contributed by atoms with van der Waals surface area (Å²) in [6, 6.07) is 7.02. The number of ketones is 2. The number of carbonyl (C=O) groups excluding carboxylic acids is 3. The Balaban J connectivity index is 2.32. The fourth-order valence-electron chi connectivity index (χ4n) is 1.70. The first kappa shape index (κ1) is 16.9. The second kappa shape index (κ2) is 8.89. The maximum Gasteiger partial charge on any atom is 0.306 e. The van der Waals surface area contributed by atoms with E-state index in [2.05, 4.69) is 0 Å². The molecule has 0 aromatic heterocycles. The molecule has 1 aromatic rings. The molecule has 0 heterocycles. The lowest BCUT2D eigenvalue weighted by Crippen LogP contribution is -2.14. The second-order valence-corrected chi connectivity index (χ2v) is 4.66. The molecule has 5 nitrogen and oxygen atoms in total. The van der Waals surface area contributed by atoms with Crippen molar-refractivity contribution in [1.82, 2.24) is 0 Å². The monoisotopic (exact) mass is 292 g/mol. The summed E-state index contributed by atoms with van der Waals surface area (Å²) in [7, 11) is 0. The van der Waals surface area contributed by atoms with Crippen LogP contribution in [0.1, 0.15) is 32.3 Å². The van der Waals surface area contributed by atoms with E-state index in [1.165, 1.54) is 6.92 Å². The third-order valence-electron chi connectivity index (χ3n) is 2.69. The van der Waals surface area contributed by atoms with Crippen molar-refractivity contribution in [2.24, 2.45) is 0 Å². The zero-order chi connectivity index (χ0) is 15.7. The van der Waals surface area contributed by atoms with E-state index in [1.807, 2.05) is 0 Å². The van der Waals surface area contributed by atoms with E-state index in [-0.39, 0.29) is 37.0 Å². The molecule has 5 heteroatoms. The first-order chi connectivity index (χ1) is 10.0. The number of Topliss-reactive ketones (excluding diaryl/α,β-unsaturated/α-hetero) is 2. The molecule has 0 amide bonds. The van der Waals surface area contributed by atoms with E-state index in [4.69, 9.17) is 9.47 Å². The summed E-state index contributed by atoms with van der Waals surface area (Å²) in [5.74, 6) is 0.125. The Morgan fingerprint density at radius 1 is 1.05 bits per heavy atom. The molecule has 0 bridgehead atoms. The van der Waals surface area contributed by atoms with Crippen LogP contribution < -0.4 is 4.74 Å². The molecule has 0 saturated heterocycles. The van der Waals surface area contributed by atoms with Crippen molar-refractivity contribution in [2.75, 3.05) is 13.2 Å². The maximum absolute atomic E-state index is 11.6. The second-order valence-electron chi connectivity index (χ2n) is 4.66. The topological polar surface area (TPSA) is 69.7 Å². The van der Waals surface area contributed by atoms with Gasteiger partial charge in [0, 0.05) is 12.8 Å². The summed E-state index contributed by atoms with van der Waals surface area (Å²) in [4.78, 5) is 33.6. The molecular formula is C16H20O5. The van der Waals surface area contributed by atoms with Crippen molar-refractivity contribution < 1.29 is 23.9 Å². The highest BCUT2D eigenvalue weighted by atomic mass is 16.5. The summed E-state index contributed by atoms with van der Waals surface area (Å²) in [6.07, 6.45) is 0.577. The first-order valence-corrected chi connectivity index (χ1v) is 6.89. The van der Waals surface area contributed by atoms with Crippen LogP contribution in [0.2, 0.25) is 0 Å². The van der Waals surface area contributed by atoms with Gasteiger partial charge in [0.05, 0.1) is 13.0 Å². The number of benzene rings is 1. The third kappa shape index (κ3) is 7.25. The number of ether oxygens (including phenoxy) is 2. The van der Waals surface area contributed by atoms with Crippen LogP contribution in [0.5, 0.6) is 5.75 Å². The third-order valence-corrected chi connectivity index (χ3v) is 2.69. The molecule has 21 heavy (non-hydrogen) atoms. The van der Waals surface area contributed by atoms with Crippen LogP contribution >= 0.6 is 0 Å². The molecule has 0 aliphatic carbocycles. The SMILES string of the molecule is CCOC(=O)CCC(=O)COc1ccc(CC(C)=O)cc1. The Labute approximate surface area is 124 Å². The molecule has 0 atom stereocenters.